The van der Waals surface area contributed by atoms with Crippen LogP contribution in [0, 0.1) is 0 Å². The summed E-state index contributed by atoms with van der Waals surface area (Å²) in [5.41, 5.74) is 0. The van der Waals surface area contributed by atoms with Crippen LogP contribution in [0.25, 0.3) is 10.2 Å². The summed E-state index contributed by atoms with van der Waals surface area (Å²) in [7, 11) is -0.666. The van der Waals surface area contributed by atoms with E-state index in [4.69, 9.17) is 0 Å². The molecule has 102 valence electrons. The molecule has 0 amide bonds. The minimum absolute atomic E-state index is 0.666. The van der Waals surface area contributed by atoms with Crippen molar-refractivity contribution in [3.8, 4) is 0 Å². The molecule has 1 aliphatic heterocycles. The Hall–Kier alpha value is -1.21. The van der Waals surface area contributed by atoms with Gasteiger partial charge >= 0.3 is 0 Å². The second-order valence-electron chi connectivity index (χ2n) is 4.38. The molecule has 1 aliphatic rings. The van der Waals surface area contributed by atoms with Crippen LogP contribution in [0.2, 0.25) is 0 Å². The highest BCUT2D eigenvalue weighted by molar-refractivity contribution is 7.85. The van der Waals surface area contributed by atoms with Crippen molar-refractivity contribution in [3.05, 3.63) is 11.4 Å². The molecule has 0 aliphatic carbocycles. The number of fused-ring (bicyclic) bond motifs is 1. The Morgan fingerprint density at radius 1 is 1.42 bits per heavy atom. The Balaban J connectivity index is 2.00. The molecule has 3 rings (SSSR count). The van der Waals surface area contributed by atoms with Crippen molar-refractivity contribution in [2.45, 2.75) is 6.92 Å². The van der Waals surface area contributed by atoms with Gasteiger partial charge in [-0.3, -0.25) is 4.21 Å². The second kappa shape index (κ2) is 5.42. The second-order valence-corrected chi connectivity index (χ2v) is 6.97. The van der Waals surface area contributed by atoms with Gasteiger partial charge in [0.1, 0.15) is 10.6 Å². The van der Waals surface area contributed by atoms with Crippen molar-refractivity contribution in [1.82, 2.24) is 9.97 Å². The lowest BCUT2D eigenvalue weighted by Crippen LogP contribution is -2.38. The summed E-state index contributed by atoms with van der Waals surface area (Å²) in [6.45, 7) is 4.45. The molecule has 2 aromatic rings. The van der Waals surface area contributed by atoms with Gasteiger partial charge in [-0.25, -0.2) is 4.98 Å². The quantitative estimate of drug-likeness (QED) is 0.934. The molecule has 0 aromatic carbocycles. The van der Waals surface area contributed by atoms with Gasteiger partial charge in [0.15, 0.2) is 0 Å². The van der Waals surface area contributed by atoms with E-state index in [2.05, 4.69) is 26.3 Å². The van der Waals surface area contributed by atoms with Gasteiger partial charge in [0.25, 0.3) is 0 Å². The molecule has 0 spiro atoms. The molecule has 19 heavy (non-hydrogen) atoms. The lowest BCUT2D eigenvalue weighted by molar-refractivity contribution is 0.672. The molecule has 0 atom stereocenters. The average molecular weight is 296 g/mol. The smallest absolute Gasteiger partial charge is 0.226 e. The molecule has 0 bridgehead atoms. The largest absolute Gasteiger partial charge is 0.354 e. The maximum absolute atomic E-state index is 11.5. The first kappa shape index (κ1) is 12.8. The molecular formula is C12H16N4OS2. The van der Waals surface area contributed by atoms with Gasteiger partial charge in [-0.15, -0.1) is 11.3 Å². The Morgan fingerprint density at radius 2 is 2.21 bits per heavy atom. The van der Waals surface area contributed by atoms with Gasteiger partial charge in [0, 0.05) is 41.9 Å². The summed E-state index contributed by atoms with van der Waals surface area (Å²) in [5, 5.41) is 6.31. The van der Waals surface area contributed by atoms with Crippen LogP contribution in [0.3, 0.4) is 0 Å². The first-order chi connectivity index (χ1) is 9.28. The van der Waals surface area contributed by atoms with Crippen LogP contribution < -0.4 is 10.2 Å². The number of nitrogens with zero attached hydrogens (tertiary/aromatic N) is 3. The van der Waals surface area contributed by atoms with Crippen molar-refractivity contribution in [2.75, 3.05) is 41.4 Å². The van der Waals surface area contributed by atoms with E-state index in [0.717, 1.165) is 47.2 Å². The first-order valence-electron chi connectivity index (χ1n) is 6.37. The molecule has 1 N–H and O–H groups in total. The Morgan fingerprint density at radius 3 is 2.95 bits per heavy atom. The van der Waals surface area contributed by atoms with Gasteiger partial charge < -0.3 is 10.2 Å². The summed E-state index contributed by atoms with van der Waals surface area (Å²) in [5.74, 6) is 3.11. The molecule has 7 heteroatoms. The Kier molecular flexibility index (Phi) is 3.65. The number of hydrogen-bond donors (Lipinski definition) is 1. The SMILES string of the molecule is CCNc1nc(N2CCS(=O)CC2)c2ccsc2n1. The maximum atomic E-state index is 11.5. The first-order valence-corrected chi connectivity index (χ1v) is 8.73. The zero-order valence-corrected chi connectivity index (χ0v) is 12.4. The van der Waals surface area contributed by atoms with Crippen LogP contribution in [0.4, 0.5) is 11.8 Å². The fourth-order valence-corrected chi connectivity index (χ4v) is 3.98. The average Bonchev–Trinajstić information content (AvgIpc) is 2.87. The van der Waals surface area contributed by atoms with E-state index < -0.39 is 10.8 Å². The predicted molar refractivity (Wildman–Crippen MR) is 81.7 cm³/mol. The number of rotatable bonds is 3. The summed E-state index contributed by atoms with van der Waals surface area (Å²) >= 11 is 1.63. The van der Waals surface area contributed by atoms with E-state index in [-0.39, 0.29) is 0 Å². The minimum atomic E-state index is -0.666. The maximum Gasteiger partial charge on any atom is 0.226 e. The van der Waals surface area contributed by atoms with E-state index in [1.807, 2.05) is 12.3 Å². The van der Waals surface area contributed by atoms with E-state index in [1.165, 1.54) is 0 Å². The van der Waals surface area contributed by atoms with Gasteiger partial charge in [0.2, 0.25) is 5.95 Å². The van der Waals surface area contributed by atoms with Crippen molar-refractivity contribution in [3.63, 3.8) is 0 Å². The lowest BCUT2D eigenvalue weighted by atomic mass is 10.3. The normalized spacial score (nSPS) is 17.0. The third-order valence-electron chi connectivity index (χ3n) is 3.12. The summed E-state index contributed by atoms with van der Waals surface area (Å²) in [6.07, 6.45) is 0. The standard InChI is InChI=1S/C12H16N4OS2/c1-2-13-12-14-10(9-3-6-18-11(9)15-12)16-4-7-19(17)8-5-16/h3,6H,2,4-5,7-8H2,1H3,(H,13,14,15). The van der Waals surface area contributed by atoms with Gasteiger partial charge in [-0.1, -0.05) is 0 Å². The summed E-state index contributed by atoms with van der Waals surface area (Å²) < 4.78 is 11.5. The highest BCUT2D eigenvalue weighted by Crippen LogP contribution is 2.29. The third kappa shape index (κ3) is 2.57. The number of thiophene rings is 1. The molecule has 1 saturated heterocycles. The van der Waals surface area contributed by atoms with E-state index in [1.54, 1.807) is 11.3 Å². The fraction of sp³-hybridized carbons (Fsp3) is 0.500. The minimum Gasteiger partial charge on any atom is -0.354 e. The monoisotopic (exact) mass is 296 g/mol. The van der Waals surface area contributed by atoms with Gasteiger partial charge in [-0.2, -0.15) is 4.98 Å². The fourth-order valence-electron chi connectivity index (χ4n) is 2.17. The molecular weight excluding hydrogens is 280 g/mol. The number of hydrogen-bond acceptors (Lipinski definition) is 6. The van der Waals surface area contributed by atoms with Crippen LogP contribution in [0.15, 0.2) is 11.4 Å². The van der Waals surface area contributed by atoms with Crippen LogP contribution in [0.1, 0.15) is 6.92 Å². The molecule has 5 nitrogen and oxygen atoms in total. The lowest BCUT2D eigenvalue weighted by Gasteiger charge is -2.28. The van der Waals surface area contributed by atoms with E-state index in [9.17, 15) is 4.21 Å². The van der Waals surface area contributed by atoms with Gasteiger partial charge in [-0.05, 0) is 18.4 Å². The number of anilines is 2. The van der Waals surface area contributed by atoms with E-state index in [0.29, 0.717) is 5.95 Å². The molecule has 0 saturated carbocycles. The molecule has 0 unspecified atom stereocenters. The Bertz CT molecular complexity index is 603. The van der Waals surface area contributed by atoms with Crippen LogP contribution in [-0.4, -0.2) is 45.3 Å². The van der Waals surface area contributed by atoms with Crippen LogP contribution in [-0.2, 0) is 10.8 Å². The van der Waals surface area contributed by atoms with E-state index >= 15 is 0 Å². The van der Waals surface area contributed by atoms with Crippen LogP contribution >= 0.6 is 11.3 Å². The van der Waals surface area contributed by atoms with Crippen molar-refractivity contribution in [1.29, 1.82) is 0 Å². The Labute approximate surface area is 118 Å². The molecule has 1 fully saturated rings. The van der Waals surface area contributed by atoms with Gasteiger partial charge in [0.05, 0.1) is 5.39 Å². The van der Waals surface area contributed by atoms with Crippen LogP contribution in [0.5, 0.6) is 0 Å². The zero-order valence-electron chi connectivity index (χ0n) is 10.8. The highest BCUT2D eigenvalue weighted by atomic mass is 32.2. The molecule has 3 heterocycles. The molecule has 2 aromatic heterocycles. The number of aromatic nitrogens is 2. The highest BCUT2D eigenvalue weighted by Gasteiger charge is 2.20. The third-order valence-corrected chi connectivity index (χ3v) is 5.20. The zero-order chi connectivity index (χ0) is 13.2. The van der Waals surface area contributed by atoms with Crippen molar-refractivity contribution in [2.24, 2.45) is 0 Å². The number of nitrogens with one attached hydrogen (secondary N) is 1. The predicted octanol–water partition coefficient (Wildman–Crippen LogP) is 1.69. The van der Waals surface area contributed by atoms with Crippen molar-refractivity contribution >= 4 is 44.1 Å². The molecule has 0 radical (unpaired) electrons. The topological polar surface area (TPSA) is 58.1 Å². The summed E-state index contributed by atoms with van der Waals surface area (Å²) in [4.78, 5) is 12.4. The van der Waals surface area contributed by atoms with Crippen molar-refractivity contribution < 1.29 is 4.21 Å². The summed E-state index contributed by atoms with van der Waals surface area (Å²) in [6, 6.07) is 2.07.